The predicted octanol–water partition coefficient (Wildman–Crippen LogP) is -0.638. The molecule has 1 fully saturated rings. The third-order valence-corrected chi connectivity index (χ3v) is 5.33. The first-order chi connectivity index (χ1) is 9.85. The number of aliphatic carboxylic acids is 1. The largest absolute Gasteiger partial charge is 0.481 e. The van der Waals surface area contributed by atoms with Crippen molar-refractivity contribution in [2.75, 3.05) is 45.6 Å². The average Bonchev–Trinajstić information content (AvgIpc) is 2.45. The molecule has 0 aromatic heterocycles. The van der Waals surface area contributed by atoms with Gasteiger partial charge in [-0.25, -0.2) is 8.42 Å². The number of hydrogen-bond donors (Lipinski definition) is 1. The fraction of sp³-hybridized carbons (Fsp3) is 0.833. The van der Waals surface area contributed by atoms with Gasteiger partial charge in [-0.3, -0.25) is 9.59 Å². The quantitative estimate of drug-likeness (QED) is 0.593. The number of carboxylic acids is 1. The highest BCUT2D eigenvalue weighted by Crippen LogP contribution is 2.10. The van der Waals surface area contributed by atoms with Crippen LogP contribution >= 0.6 is 0 Å². The maximum Gasteiger partial charge on any atom is 0.305 e. The molecule has 0 spiro atoms. The monoisotopic (exact) mass is 322 g/mol. The van der Waals surface area contributed by atoms with Crippen molar-refractivity contribution >= 4 is 22.0 Å². The summed E-state index contributed by atoms with van der Waals surface area (Å²) in [5.74, 6) is -1.34. The summed E-state index contributed by atoms with van der Waals surface area (Å²) < 4.78 is 30.1. The molecule has 0 radical (unpaired) electrons. The van der Waals surface area contributed by atoms with Crippen molar-refractivity contribution in [2.45, 2.75) is 19.3 Å². The molecule has 1 N–H and O–H groups in total. The first kappa shape index (κ1) is 17.9. The van der Waals surface area contributed by atoms with E-state index in [-0.39, 0.29) is 25.0 Å². The molecular weight excluding hydrogens is 300 g/mol. The summed E-state index contributed by atoms with van der Waals surface area (Å²) >= 11 is 0. The van der Waals surface area contributed by atoms with E-state index in [9.17, 15) is 18.0 Å². The van der Waals surface area contributed by atoms with Crippen molar-refractivity contribution in [3.8, 4) is 0 Å². The van der Waals surface area contributed by atoms with Gasteiger partial charge in [0, 0.05) is 39.1 Å². The zero-order valence-electron chi connectivity index (χ0n) is 12.2. The van der Waals surface area contributed by atoms with Gasteiger partial charge in [0.2, 0.25) is 10.0 Å². The van der Waals surface area contributed by atoms with Crippen molar-refractivity contribution in [2.24, 2.45) is 0 Å². The summed E-state index contributed by atoms with van der Waals surface area (Å²) in [7, 11) is -2.09. The van der Waals surface area contributed by atoms with E-state index in [0.717, 1.165) is 0 Å². The maximum absolute atomic E-state index is 12.1. The average molecular weight is 322 g/mol. The molecular formula is C12H22N2O6S. The molecule has 9 heteroatoms. The Morgan fingerprint density at radius 1 is 1.14 bits per heavy atom. The van der Waals surface area contributed by atoms with Crippen LogP contribution in [-0.4, -0.2) is 80.3 Å². The zero-order chi connectivity index (χ0) is 15.9. The Balaban J connectivity index is 2.34. The number of carbonyl (C=O) groups is 2. The van der Waals surface area contributed by atoms with E-state index in [1.54, 1.807) is 0 Å². The third kappa shape index (κ3) is 6.40. The Hall–Kier alpha value is -1.19. The Morgan fingerprint density at radius 3 is 2.29 bits per heavy atom. The van der Waals surface area contributed by atoms with Crippen LogP contribution in [0.4, 0.5) is 0 Å². The number of hydrogen-bond acceptors (Lipinski definition) is 6. The van der Waals surface area contributed by atoms with Gasteiger partial charge in [0.1, 0.15) is 0 Å². The number of rotatable bonds is 8. The minimum atomic E-state index is -3.36. The van der Waals surface area contributed by atoms with Crippen molar-refractivity contribution in [1.82, 2.24) is 9.21 Å². The van der Waals surface area contributed by atoms with Gasteiger partial charge in [0.15, 0.2) is 0 Å². The molecule has 1 aliphatic rings. The van der Waals surface area contributed by atoms with Crippen LogP contribution < -0.4 is 0 Å². The molecule has 0 bridgehead atoms. The summed E-state index contributed by atoms with van der Waals surface area (Å²) in [6.45, 7) is 2.22. The number of piperazine rings is 1. The first-order valence-electron chi connectivity index (χ1n) is 6.84. The zero-order valence-corrected chi connectivity index (χ0v) is 13.0. The van der Waals surface area contributed by atoms with Gasteiger partial charge in [0.25, 0.3) is 0 Å². The summed E-state index contributed by atoms with van der Waals surface area (Å²) in [4.78, 5) is 23.4. The topological polar surface area (TPSA) is 104 Å². The predicted molar refractivity (Wildman–Crippen MR) is 75.3 cm³/mol. The number of nitrogens with zero attached hydrogens (tertiary/aromatic N) is 2. The van der Waals surface area contributed by atoms with E-state index in [2.05, 4.69) is 4.74 Å². The molecule has 1 heterocycles. The van der Waals surface area contributed by atoms with Gasteiger partial charge in [-0.2, -0.15) is 4.31 Å². The van der Waals surface area contributed by atoms with E-state index >= 15 is 0 Å². The molecule has 0 amide bonds. The molecule has 0 aromatic carbocycles. The Bertz CT molecular complexity index is 456. The van der Waals surface area contributed by atoms with Crippen LogP contribution in [0, 0.1) is 0 Å². The fourth-order valence-electron chi connectivity index (χ4n) is 2.12. The lowest BCUT2D eigenvalue weighted by Crippen LogP contribution is -2.49. The molecule has 8 nitrogen and oxygen atoms in total. The van der Waals surface area contributed by atoms with Crippen LogP contribution in [0.25, 0.3) is 0 Å². The molecule has 0 atom stereocenters. The number of carboxylic acid groups (broad SMARTS) is 1. The summed E-state index contributed by atoms with van der Waals surface area (Å²) in [5, 5.41) is 8.62. The highest BCUT2D eigenvalue weighted by atomic mass is 32.2. The lowest BCUT2D eigenvalue weighted by Gasteiger charge is -2.33. The van der Waals surface area contributed by atoms with E-state index < -0.39 is 22.0 Å². The number of methoxy groups -OCH3 is 1. The van der Waals surface area contributed by atoms with Crippen LogP contribution in [0.3, 0.4) is 0 Å². The second-order valence-electron chi connectivity index (χ2n) is 4.88. The molecule has 0 saturated carbocycles. The molecule has 1 saturated heterocycles. The van der Waals surface area contributed by atoms with Gasteiger partial charge < -0.3 is 14.7 Å². The van der Waals surface area contributed by atoms with Gasteiger partial charge in [-0.05, 0) is 6.42 Å². The highest BCUT2D eigenvalue weighted by Gasteiger charge is 2.26. The molecule has 1 rings (SSSR count). The highest BCUT2D eigenvalue weighted by molar-refractivity contribution is 7.89. The second kappa shape index (κ2) is 8.30. The van der Waals surface area contributed by atoms with Crippen molar-refractivity contribution in [3.05, 3.63) is 0 Å². The van der Waals surface area contributed by atoms with Crippen LogP contribution in [-0.2, 0) is 24.3 Å². The van der Waals surface area contributed by atoms with Gasteiger partial charge >= 0.3 is 11.9 Å². The molecule has 1 aliphatic heterocycles. The van der Waals surface area contributed by atoms with Crippen LogP contribution in [0.5, 0.6) is 0 Å². The van der Waals surface area contributed by atoms with Crippen LogP contribution in [0.15, 0.2) is 0 Å². The van der Waals surface area contributed by atoms with Gasteiger partial charge in [-0.1, -0.05) is 0 Å². The second-order valence-corrected chi connectivity index (χ2v) is 6.97. The number of ether oxygens (including phenoxy) is 1. The van der Waals surface area contributed by atoms with E-state index in [4.69, 9.17) is 5.11 Å². The van der Waals surface area contributed by atoms with E-state index in [1.165, 1.54) is 11.4 Å². The molecule has 0 aromatic rings. The van der Waals surface area contributed by atoms with Crippen molar-refractivity contribution in [3.63, 3.8) is 0 Å². The molecule has 21 heavy (non-hydrogen) atoms. The number of esters is 1. The smallest absolute Gasteiger partial charge is 0.305 e. The minimum Gasteiger partial charge on any atom is -0.481 e. The number of carbonyl (C=O) groups excluding carboxylic acids is 1. The Morgan fingerprint density at radius 2 is 1.76 bits per heavy atom. The van der Waals surface area contributed by atoms with E-state index in [1.807, 2.05) is 4.90 Å². The molecule has 0 unspecified atom stereocenters. The van der Waals surface area contributed by atoms with Gasteiger partial charge in [0.05, 0.1) is 19.3 Å². The van der Waals surface area contributed by atoms with Crippen molar-refractivity contribution in [1.29, 1.82) is 0 Å². The van der Waals surface area contributed by atoms with E-state index in [0.29, 0.717) is 32.7 Å². The van der Waals surface area contributed by atoms with Crippen molar-refractivity contribution < 1.29 is 27.9 Å². The standard InChI is InChI=1S/C12H22N2O6S/c1-20-12(17)3-2-10-21(18,19)14-8-6-13(7-9-14)5-4-11(15)16/h2-10H2,1H3,(H,15,16). The fourth-order valence-corrected chi connectivity index (χ4v) is 3.60. The van der Waals surface area contributed by atoms with Crippen LogP contribution in [0.1, 0.15) is 19.3 Å². The lowest BCUT2D eigenvalue weighted by atomic mass is 10.3. The van der Waals surface area contributed by atoms with Crippen LogP contribution in [0.2, 0.25) is 0 Å². The summed E-state index contributed by atoms with van der Waals surface area (Å²) in [6, 6.07) is 0. The third-order valence-electron chi connectivity index (χ3n) is 3.38. The normalized spacial score (nSPS) is 17.6. The maximum atomic E-state index is 12.1. The summed E-state index contributed by atoms with van der Waals surface area (Å²) in [5.41, 5.74) is 0. The molecule has 0 aliphatic carbocycles. The molecule has 122 valence electrons. The lowest BCUT2D eigenvalue weighted by molar-refractivity contribution is -0.140. The number of sulfonamides is 1. The first-order valence-corrected chi connectivity index (χ1v) is 8.45. The Kier molecular flexibility index (Phi) is 7.06. The summed E-state index contributed by atoms with van der Waals surface area (Å²) in [6.07, 6.45) is 0.397. The SMILES string of the molecule is COC(=O)CCCS(=O)(=O)N1CCN(CCC(=O)O)CC1. The Labute approximate surface area is 124 Å². The van der Waals surface area contributed by atoms with Gasteiger partial charge in [-0.15, -0.1) is 0 Å². The minimum absolute atomic E-state index is 0.0614.